The lowest BCUT2D eigenvalue weighted by molar-refractivity contribution is -0.110. The summed E-state index contributed by atoms with van der Waals surface area (Å²) in [5, 5.41) is 4.26. The first-order valence-electron chi connectivity index (χ1n) is 10.2. The van der Waals surface area contributed by atoms with E-state index in [1.807, 2.05) is 6.92 Å². The maximum Gasteiger partial charge on any atom is 0.207 e. The first kappa shape index (κ1) is 20.0. The molecule has 2 N–H and O–H groups in total. The van der Waals surface area contributed by atoms with Gasteiger partial charge in [-0.2, -0.15) is 0 Å². The number of nitrogens with one attached hydrogen (secondary N) is 2. The summed E-state index contributed by atoms with van der Waals surface area (Å²) < 4.78 is 5.90. The Bertz CT molecular complexity index is 959. The van der Waals surface area contributed by atoms with Crippen molar-refractivity contribution in [3.63, 3.8) is 0 Å². The van der Waals surface area contributed by atoms with Crippen LogP contribution in [-0.4, -0.2) is 18.0 Å². The Morgan fingerprint density at radius 2 is 1.86 bits per heavy atom. The molecule has 1 unspecified atom stereocenters. The molecule has 1 atom stereocenters. The Morgan fingerprint density at radius 3 is 2.54 bits per heavy atom. The summed E-state index contributed by atoms with van der Waals surface area (Å²) in [6.45, 7) is 9.04. The molecule has 4 nitrogen and oxygen atoms in total. The number of carbonyl (C=O) groups excluding carboxylic acids is 1. The molecule has 0 saturated carbocycles. The zero-order valence-electron chi connectivity index (χ0n) is 17.3. The third kappa shape index (κ3) is 4.06. The molecule has 0 fully saturated rings. The normalized spacial score (nSPS) is 12.1. The van der Waals surface area contributed by atoms with Gasteiger partial charge in [-0.3, -0.25) is 4.79 Å². The van der Waals surface area contributed by atoms with E-state index in [0.29, 0.717) is 6.61 Å². The van der Waals surface area contributed by atoms with Gasteiger partial charge in [-0.25, -0.2) is 0 Å². The second kappa shape index (κ2) is 8.96. The molecule has 0 bridgehead atoms. The van der Waals surface area contributed by atoms with E-state index in [0.717, 1.165) is 42.5 Å². The van der Waals surface area contributed by atoms with Crippen LogP contribution in [0.1, 0.15) is 54.6 Å². The fraction of sp³-hybridized carbons (Fsp3) is 0.375. The molecular formula is C24H30N2O2. The molecule has 0 radical (unpaired) electrons. The Kier molecular flexibility index (Phi) is 6.40. The number of rotatable bonds is 9. The fourth-order valence-electron chi connectivity index (χ4n) is 3.91. The molecule has 1 amide bonds. The van der Waals surface area contributed by atoms with Crippen molar-refractivity contribution in [1.29, 1.82) is 0 Å². The van der Waals surface area contributed by atoms with E-state index >= 15 is 0 Å². The van der Waals surface area contributed by atoms with Gasteiger partial charge in [0.15, 0.2) is 0 Å². The van der Waals surface area contributed by atoms with Crippen molar-refractivity contribution < 1.29 is 9.53 Å². The summed E-state index contributed by atoms with van der Waals surface area (Å²) in [5.74, 6) is 0.921. The second-order valence-corrected chi connectivity index (χ2v) is 7.20. The minimum atomic E-state index is -0.0999. The van der Waals surface area contributed by atoms with E-state index in [-0.39, 0.29) is 6.04 Å². The predicted molar refractivity (Wildman–Crippen MR) is 115 cm³/mol. The minimum Gasteiger partial charge on any atom is -0.494 e. The van der Waals surface area contributed by atoms with Crippen LogP contribution in [-0.2, 0) is 24.1 Å². The number of amides is 1. The number of aromatic nitrogens is 1. The Hall–Kier alpha value is -2.75. The van der Waals surface area contributed by atoms with Crippen LogP contribution in [0, 0.1) is 6.92 Å². The fourth-order valence-corrected chi connectivity index (χ4v) is 3.91. The Labute approximate surface area is 167 Å². The van der Waals surface area contributed by atoms with E-state index in [4.69, 9.17) is 4.74 Å². The lowest BCUT2D eigenvalue weighted by Gasteiger charge is -2.22. The molecule has 0 saturated heterocycles. The van der Waals surface area contributed by atoms with Gasteiger partial charge in [0.2, 0.25) is 6.41 Å². The summed E-state index contributed by atoms with van der Waals surface area (Å²) in [5.41, 5.74) is 7.17. The van der Waals surface area contributed by atoms with E-state index < -0.39 is 0 Å². The summed E-state index contributed by atoms with van der Waals surface area (Å²) >= 11 is 0. The molecule has 2 aromatic carbocycles. The quantitative estimate of drug-likeness (QED) is 0.513. The number of hydrogen-bond acceptors (Lipinski definition) is 2. The molecule has 3 aromatic rings. The predicted octanol–water partition coefficient (Wildman–Crippen LogP) is 5.03. The summed E-state index contributed by atoms with van der Waals surface area (Å²) in [4.78, 5) is 14.8. The maximum absolute atomic E-state index is 11.4. The van der Waals surface area contributed by atoms with Gasteiger partial charge in [-0.1, -0.05) is 31.5 Å². The molecule has 0 spiro atoms. The average Bonchev–Trinajstić information content (AvgIpc) is 3.09. The zero-order chi connectivity index (χ0) is 20.1. The zero-order valence-corrected chi connectivity index (χ0v) is 17.3. The van der Waals surface area contributed by atoms with Gasteiger partial charge in [-0.15, -0.1) is 0 Å². The Balaban J connectivity index is 2.04. The highest BCUT2D eigenvalue weighted by Gasteiger charge is 2.19. The highest BCUT2D eigenvalue weighted by Crippen LogP contribution is 2.32. The van der Waals surface area contributed by atoms with Gasteiger partial charge in [0.1, 0.15) is 5.75 Å². The molecule has 4 heteroatoms. The van der Waals surface area contributed by atoms with Crippen LogP contribution in [0.3, 0.4) is 0 Å². The number of hydrogen-bond donors (Lipinski definition) is 2. The highest BCUT2D eigenvalue weighted by atomic mass is 16.5. The van der Waals surface area contributed by atoms with Gasteiger partial charge in [0.05, 0.1) is 12.6 Å². The third-order valence-electron chi connectivity index (χ3n) is 5.38. The Morgan fingerprint density at radius 1 is 1.07 bits per heavy atom. The van der Waals surface area contributed by atoms with Crippen LogP contribution in [0.25, 0.3) is 10.9 Å². The topological polar surface area (TPSA) is 54.1 Å². The highest BCUT2D eigenvalue weighted by molar-refractivity contribution is 5.84. The molecule has 0 aliphatic rings. The molecule has 1 aromatic heterocycles. The van der Waals surface area contributed by atoms with Gasteiger partial charge >= 0.3 is 0 Å². The first-order chi connectivity index (χ1) is 13.6. The summed E-state index contributed by atoms with van der Waals surface area (Å²) in [6, 6.07) is 10.7. The van der Waals surface area contributed by atoms with Crippen molar-refractivity contribution >= 4 is 17.3 Å². The van der Waals surface area contributed by atoms with Crippen molar-refractivity contribution in [1.82, 2.24) is 10.3 Å². The lowest BCUT2D eigenvalue weighted by atomic mass is 9.91. The van der Waals surface area contributed by atoms with E-state index in [1.165, 1.54) is 27.6 Å². The van der Waals surface area contributed by atoms with Gasteiger partial charge in [-0.05, 0) is 73.6 Å². The minimum absolute atomic E-state index is 0.0999. The van der Waals surface area contributed by atoms with Gasteiger partial charge in [0.25, 0.3) is 0 Å². The number of ether oxygens (including phenoxy) is 1. The smallest absolute Gasteiger partial charge is 0.207 e. The van der Waals surface area contributed by atoms with Crippen LogP contribution < -0.4 is 10.1 Å². The number of H-pyrrole nitrogens is 1. The standard InChI is InChI=1S/C24H30N2O2/c1-5-17-11-18(6-2)24(28-7-3)13-21(17)23(26-15-27)12-19-14-25-22-9-8-16(4)10-20(19)22/h8-11,13-15,23,25H,5-7,12H2,1-4H3,(H,26,27). The van der Waals surface area contributed by atoms with Crippen molar-refractivity contribution in [2.24, 2.45) is 0 Å². The number of aryl methyl sites for hydroxylation is 3. The van der Waals surface area contributed by atoms with Crippen molar-refractivity contribution in [2.45, 2.75) is 53.0 Å². The number of fused-ring (bicyclic) bond motifs is 1. The third-order valence-corrected chi connectivity index (χ3v) is 5.38. The van der Waals surface area contributed by atoms with Crippen molar-refractivity contribution in [2.75, 3.05) is 6.61 Å². The maximum atomic E-state index is 11.4. The number of benzene rings is 2. The van der Waals surface area contributed by atoms with Crippen LogP contribution >= 0.6 is 0 Å². The number of aromatic amines is 1. The molecule has 1 heterocycles. The van der Waals surface area contributed by atoms with Crippen LogP contribution in [0.4, 0.5) is 0 Å². The molecular weight excluding hydrogens is 348 g/mol. The summed E-state index contributed by atoms with van der Waals surface area (Å²) in [6.07, 6.45) is 5.43. The van der Waals surface area contributed by atoms with Crippen molar-refractivity contribution in [3.05, 3.63) is 64.3 Å². The number of carbonyl (C=O) groups is 1. The van der Waals surface area contributed by atoms with E-state index in [9.17, 15) is 4.79 Å². The largest absolute Gasteiger partial charge is 0.494 e. The molecule has 0 aliphatic carbocycles. The van der Waals surface area contributed by atoms with E-state index in [2.05, 4.69) is 67.6 Å². The van der Waals surface area contributed by atoms with E-state index in [1.54, 1.807) is 0 Å². The van der Waals surface area contributed by atoms with Gasteiger partial charge in [0, 0.05) is 17.1 Å². The average molecular weight is 379 g/mol. The first-order valence-corrected chi connectivity index (χ1v) is 10.2. The van der Waals surface area contributed by atoms with Crippen LogP contribution in [0.15, 0.2) is 36.5 Å². The molecule has 0 aliphatic heterocycles. The molecule has 28 heavy (non-hydrogen) atoms. The van der Waals surface area contributed by atoms with Gasteiger partial charge < -0.3 is 15.0 Å². The van der Waals surface area contributed by atoms with Crippen molar-refractivity contribution in [3.8, 4) is 5.75 Å². The van der Waals surface area contributed by atoms with Crippen LogP contribution in [0.2, 0.25) is 0 Å². The second-order valence-electron chi connectivity index (χ2n) is 7.20. The molecule has 3 rings (SSSR count). The SMILES string of the molecule is CCOc1cc(C(Cc2c[nH]c3ccc(C)cc23)NC=O)c(CC)cc1CC. The van der Waals surface area contributed by atoms with Crippen LogP contribution in [0.5, 0.6) is 5.75 Å². The molecule has 148 valence electrons. The lowest BCUT2D eigenvalue weighted by Crippen LogP contribution is -2.23. The summed E-state index contributed by atoms with van der Waals surface area (Å²) in [7, 11) is 0. The monoisotopic (exact) mass is 378 g/mol.